The number of carbonyl (C=O) groups is 2. The van der Waals surface area contributed by atoms with Crippen molar-refractivity contribution in [3.05, 3.63) is 72.3 Å². The van der Waals surface area contributed by atoms with Crippen molar-refractivity contribution in [1.82, 2.24) is 5.32 Å². The number of aryl methyl sites for hydroxylation is 1. The molecule has 0 saturated carbocycles. The first-order valence-electron chi connectivity index (χ1n) is 8.56. The Balaban J connectivity index is 1.42. The van der Waals surface area contributed by atoms with E-state index in [-0.39, 0.29) is 13.2 Å². The molecule has 6 heteroatoms. The fraction of sp³-hybridized carbons (Fsp3) is 0.143. The lowest BCUT2D eigenvalue weighted by molar-refractivity contribution is 0.158. The van der Waals surface area contributed by atoms with Crippen LogP contribution in [0.3, 0.4) is 0 Å². The van der Waals surface area contributed by atoms with Gasteiger partial charge in [0.25, 0.3) is 0 Å². The number of benzene rings is 3. The normalized spacial score (nSPS) is 10.3. The second-order valence-electron chi connectivity index (χ2n) is 5.92. The van der Waals surface area contributed by atoms with Gasteiger partial charge in [0.1, 0.15) is 12.4 Å². The summed E-state index contributed by atoms with van der Waals surface area (Å²) in [5, 5.41) is 7.20. The van der Waals surface area contributed by atoms with E-state index in [0.29, 0.717) is 11.4 Å². The molecule has 6 nitrogen and oxygen atoms in total. The lowest BCUT2D eigenvalue weighted by atomic mass is 10.1. The summed E-state index contributed by atoms with van der Waals surface area (Å²) in [6, 6.07) is 20.5. The summed E-state index contributed by atoms with van der Waals surface area (Å²) in [7, 11) is 0. The van der Waals surface area contributed by atoms with Crippen LogP contribution in [0.15, 0.2) is 66.7 Å². The first kappa shape index (κ1) is 18.3. The molecule has 0 spiro atoms. The predicted molar refractivity (Wildman–Crippen MR) is 104 cm³/mol. The Labute approximate surface area is 157 Å². The SMILES string of the molecule is Cc1cccc(OC(=O)NCCOC(=O)Nc2cccc3ccccc23)c1. The van der Waals surface area contributed by atoms with Gasteiger partial charge in [-0.25, -0.2) is 9.59 Å². The van der Waals surface area contributed by atoms with E-state index in [4.69, 9.17) is 9.47 Å². The number of anilines is 1. The highest BCUT2D eigenvalue weighted by molar-refractivity contribution is 6.00. The van der Waals surface area contributed by atoms with E-state index in [1.807, 2.05) is 49.4 Å². The third kappa shape index (κ3) is 5.22. The van der Waals surface area contributed by atoms with Crippen LogP contribution in [0.25, 0.3) is 10.8 Å². The molecule has 3 rings (SSSR count). The Morgan fingerprint density at radius 2 is 1.70 bits per heavy atom. The number of rotatable bonds is 5. The maximum atomic E-state index is 12.0. The zero-order valence-electron chi connectivity index (χ0n) is 14.9. The molecule has 0 radical (unpaired) electrons. The van der Waals surface area contributed by atoms with Crippen molar-refractivity contribution >= 4 is 28.6 Å². The van der Waals surface area contributed by atoms with Crippen molar-refractivity contribution in [2.45, 2.75) is 6.92 Å². The molecule has 0 unspecified atom stereocenters. The molecule has 0 aromatic heterocycles. The van der Waals surface area contributed by atoms with Gasteiger partial charge in [-0.05, 0) is 36.1 Å². The van der Waals surface area contributed by atoms with Crippen LogP contribution in [0, 0.1) is 6.92 Å². The van der Waals surface area contributed by atoms with Crippen molar-refractivity contribution in [3.8, 4) is 5.75 Å². The van der Waals surface area contributed by atoms with Crippen LogP contribution in [0.2, 0.25) is 0 Å². The molecule has 0 aliphatic heterocycles. The zero-order valence-corrected chi connectivity index (χ0v) is 14.9. The highest BCUT2D eigenvalue weighted by atomic mass is 16.6. The first-order chi connectivity index (χ1) is 13.1. The summed E-state index contributed by atoms with van der Waals surface area (Å²) in [6.45, 7) is 2.08. The summed E-state index contributed by atoms with van der Waals surface area (Å²) in [6.07, 6.45) is -1.18. The Hall–Kier alpha value is -3.54. The molecular weight excluding hydrogens is 344 g/mol. The smallest absolute Gasteiger partial charge is 0.412 e. The molecule has 0 atom stereocenters. The van der Waals surface area contributed by atoms with Crippen molar-refractivity contribution in [2.75, 3.05) is 18.5 Å². The number of nitrogens with one attached hydrogen (secondary N) is 2. The molecular formula is C21H20N2O4. The number of hydrogen-bond donors (Lipinski definition) is 2. The minimum absolute atomic E-state index is 0.0273. The molecule has 2 N–H and O–H groups in total. The first-order valence-corrected chi connectivity index (χ1v) is 8.56. The van der Waals surface area contributed by atoms with Gasteiger partial charge in [0.2, 0.25) is 0 Å². The molecule has 0 saturated heterocycles. The van der Waals surface area contributed by atoms with Crippen LogP contribution in [0.4, 0.5) is 15.3 Å². The Bertz CT molecular complexity index is 950. The highest BCUT2D eigenvalue weighted by Crippen LogP contribution is 2.22. The second-order valence-corrected chi connectivity index (χ2v) is 5.92. The van der Waals surface area contributed by atoms with Crippen LogP contribution >= 0.6 is 0 Å². The Morgan fingerprint density at radius 1 is 0.926 bits per heavy atom. The molecule has 0 bridgehead atoms. The molecule has 0 aliphatic rings. The molecule has 3 aromatic carbocycles. The topological polar surface area (TPSA) is 76.7 Å². The van der Waals surface area contributed by atoms with Gasteiger partial charge in [0.05, 0.1) is 12.2 Å². The van der Waals surface area contributed by atoms with Crippen LogP contribution in [-0.2, 0) is 4.74 Å². The van der Waals surface area contributed by atoms with Gasteiger partial charge < -0.3 is 14.8 Å². The average Bonchev–Trinajstić information content (AvgIpc) is 2.66. The van der Waals surface area contributed by atoms with Gasteiger partial charge in [-0.15, -0.1) is 0 Å². The minimum atomic E-state index is -0.598. The average molecular weight is 364 g/mol. The van der Waals surface area contributed by atoms with Gasteiger partial charge >= 0.3 is 12.2 Å². The summed E-state index contributed by atoms with van der Waals surface area (Å²) >= 11 is 0. The Kier molecular flexibility index (Phi) is 5.89. The third-order valence-electron chi connectivity index (χ3n) is 3.83. The van der Waals surface area contributed by atoms with Crippen molar-refractivity contribution < 1.29 is 19.1 Å². The van der Waals surface area contributed by atoms with Gasteiger partial charge in [-0.1, -0.05) is 48.5 Å². The van der Waals surface area contributed by atoms with Crippen LogP contribution in [-0.4, -0.2) is 25.3 Å². The number of ether oxygens (including phenoxy) is 2. The monoisotopic (exact) mass is 364 g/mol. The number of carbonyl (C=O) groups excluding carboxylic acids is 2. The van der Waals surface area contributed by atoms with Gasteiger partial charge in [0.15, 0.2) is 0 Å². The van der Waals surface area contributed by atoms with E-state index in [9.17, 15) is 9.59 Å². The predicted octanol–water partition coefficient (Wildman–Crippen LogP) is 4.49. The van der Waals surface area contributed by atoms with E-state index < -0.39 is 12.2 Å². The van der Waals surface area contributed by atoms with E-state index >= 15 is 0 Å². The van der Waals surface area contributed by atoms with Gasteiger partial charge in [-0.3, -0.25) is 5.32 Å². The standard InChI is InChI=1S/C21H20N2O4/c1-15-6-4-9-17(14-15)27-20(24)22-12-13-26-21(25)23-19-11-5-8-16-7-2-3-10-18(16)19/h2-11,14H,12-13H2,1H3,(H,22,24)(H,23,25). The summed E-state index contributed by atoms with van der Waals surface area (Å²) in [5.41, 5.74) is 1.67. The second kappa shape index (κ2) is 8.71. The van der Waals surface area contributed by atoms with Crippen molar-refractivity contribution in [2.24, 2.45) is 0 Å². The largest absolute Gasteiger partial charge is 0.447 e. The molecule has 0 fully saturated rings. The van der Waals surface area contributed by atoms with Crippen LogP contribution in [0.1, 0.15) is 5.56 Å². The van der Waals surface area contributed by atoms with E-state index in [1.54, 1.807) is 24.3 Å². The quantitative estimate of drug-likeness (QED) is 0.654. The summed E-state index contributed by atoms with van der Waals surface area (Å²) in [5.74, 6) is 0.460. The Morgan fingerprint density at radius 3 is 2.56 bits per heavy atom. The van der Waals surface area contributed by atoms with Gasteiger partial charge in [-0.2, -0.15) is 0 Å². The molecule has 0 aliphatic carbocycles. The molecule has 138 valence electrons. The summed E-state index contributed by atoms with van der Waals surface area (Å²) in [4.78, 5) is 23.7. The number of fused-ring (bicyclic) bond motifs is 1. The lowest BCUT2D eigenvalue weighted by Crippen LogP contribution is -2.31. The minimum Gasteiger partial charge on any atom is -0.447 e. The van der Waals surface area contributed by atoms with Crippen molar-refractivity contribution in [1.29, 1.82) is 0 Å². The van der Waals surface area contributed by atoms with Gasteiger partial charge in [0, 0.05) is 5.39 Å². The fourth-order valence-electron chi connectivity index (χ4n) is 2.60. The number of amides is 2. The van der Waals surface area contributed by atoms with Crippen LogP contribution in [0.5, 0.6) is 5.75 Å². The van der Waals surface area contributed by atoms with E-state index in [0.717, 1.165) is 16.3 Å². The maximum Gasteiger partial charge on any atom is 0.412 e. The molecule has 0 heterocycles. The van der Waals surface area contributed by atoms with Crippen LogP contribution < -0.4 is 15.4 Å². The number of hydrogen-bond acceptors (Lipinski definition) is 4. The summed E-state index contributed by atoms with van der Waals surface area (Å²) < 4.78 is 10.2. The maximum absolute atomic E-state index is 12.0. The third-order valence-corrected chi connectivity index (χ3v) is 3.83. The fourth-order valence-corrected chi connectivity index (χ4v) is 2.60. The molecule has 27 heavy (non-hydrogen) atoms. The zero-order chi connectivity index (χ0) is 19.1. The molecule has 3 aromatic rings. The molecule has 2 amide bonds. The lowest BCUT2D eigenvalue weighted by Gasteiger charge is -2.10. The van der Waals surface area contributed by atoms with E-state index in [2.05, 4.69) is 10.6 Å². The van der Waals surface area contributed by atoms with E-state index in [1.165, 1.54) is 0 Å². The highest BCUT2D eigenvalue weighted by Gasteiger charge is 2.08. The van der Waals surface area contributed by atoms with Crippen molar-refractivity contribution in [3.63, 3.8) is 0 Å².